The molecule has 5 saturated carbocycles. The molecule has 8 nitrogen and oxygen atoms in total. The normalized spacial score (nSPS) is 39.4. The summed E-state index contributed by atoms with van der Waals surface area (Å²) in [5.41, 5.74) is 0.170. The molecule has 0 aromatic heterocycles. The maximum atomic E-state index is 14.0. The number of carbonyl (C=O) groups is 4. The van der Waals surface area contributed by atoms with Gasteiger partial charge in [0.15, 0.2) is 0 Å². The summed E-state index contributed by atoms with van der Waals surface area (Å²) in [4.78, 5) is 52.4. The number of rotatable bonds is 8. The fourth-order valence-electron chi connectivity index (χ4n) is 13.3. The molecule has 6 aliphatic carbocycles. The van der Waals surface area contributed by atoms with Crippen LogP contribution in [0.4, 0.5) is 13.6 Å². The van der Waals surface area contributed by atoms with Crippen LogP contribution in [0.1, 0.15) is 152 Å². The molecule has 53 heavy (non-hydrogen) atoms. The van der Waals surface area contributed by atoms with Crippen molar-refractivity contribution in [3.8, 4) is 0 Å². The van der Waals surface area contributed by atoms with Gasteiger partial charge in [-0.05, 0) is 124 Å². The lowest BCUT2D eigenvalue weighted by molar-refractivity contribution is -0.214. The Hall–Kier alpha value is -2.52. The van der Waals surface area contributed by atoms with Gasteiger partial charge in [-0.25, -0.2) is 13.6 Å². The maximum Gasteiger partial charge on any atom is 0.315 e. The molecular weight excluding hydrogens is 678 g/mol. The minimum atomic E-state index is -2.61. The number of carboxylic acids is 1. The number of carbonyl (C=O) groups excluding carboxylic acids is 3. The summed E-state index contributed by atoms with van der Waals surface area (Å²) in [6.07, 6.45) is 7.52. The molecule has 5 fully saturated rings. The lowest BCUT2D eigenvalue weighted by Crippen LogP contribution is -2.65. The van der Waals surface area contributed by atoms with Crippen molar-refractivity contribution in [2.24, 2.45) is 56.7 Å². The van der Waals surface area contributed by atoms with Gasteiger partial charge in [0.25, 0.3) is 0 Å². The molecule has 0 spiro atoms. The lowest BCUT2D eigenvalue weighted by atomic mass is 9.34. The van der Waals surface area contributed by atoms with E-state index in [1.807, 2.05) is 0 Å². The second-order valence-corrected chi connectivity index (χ2v) is 20.6. The minimum absolute atomic E-state index is 0.0116. The van der Waals surface area contributed by atoms with Crippen LogP contribution in [0.25, 0.3) is 0 Å². The van der Waals surface area contributed by atoms with Gasteiger partial charge >= 0.3 is 18.0 Å². The van der Waals surface area contributed by atoms with Crippen LogP contribution in [0, 0.1) is 56.7 Å². The first-order chi connectivity index (χ1) is 24.4. The van der Waals surface area contributed by atoms with Crippen LogP contribution in [0.5, 0.6) is 0 Å². The number of ketones is 1. The third-order valence-electron chi connectivity index (χ3n) is 16.5. The van der Waals surface area contributed by atoms with Crippen LogP contribution >= 0.6 is 0 Å². The number of nitrogens with one attached hydrogen (secondary N) is 2. The first-order valence-electron chi connectivity index (χ1n) is 20.6. The highest BCUT2D eigenvalue weighted by atomic mass is 19.3. The number of hydrogen-bond acceptors (Lipinski definition) is 5. The Morgan fingerprint density at radius 2 is 1.57 bits per heavy atom. The van der Waals surface area contributed by atoms with E-state index < -0.39 is 28.8 Å². The largest absolute Gasteiger partial charge is 0.481 e. The molecule has 0 saturated heterocycles. The van der Waals surface area contributed by atoms with Crippen LogP contribution in [0.15, 0.2) is 11.1 Å². The van der Waals surface area contributed by atoms with E-state index in [2.05, 4.69) is 59.1 Å². The van der Waals surface area contributed by atoms with Gasteiger partial charge in [-0.1, -0.05) is 54.0 Å². The average Bonchev–Trinajstić information content (AvgIpc) is 3.33. The van der Waals surface area contributed by atoms with Crippen molar-refractivity contribution in [3.05, 3.63) is 11.1 Å². The van der Waals surface area contributed by atoms with Gasteiger partial charge in [0.1, 0.15) is 11.9 Å². The zero-order valence-electron chi connectivity index (χ0n) is 33.8. The molecule has 6 rings (SSSR count). The van der Waals surface area contributed by atoms with Gasteiger partial charge in [0.2, 0.25) is 5.92 Å². The van der Waals surface area contributed by atoms with Crippen molar-refractivity contribution >= 4 is 23.8 Å². The summed E-state index contributed by atoms with van der Waals surface area (Å²) in [5, 5.41) is 16.0. The maximum absolute atomic E-state index is 14.0. The van der Waals surface area contributed by atoms with Crippen molar-refractivity contribution in [1.29, 1.82) is 0 Å². The smallest absolute Gasteiger partial charge is 0.315 e. The minimum Gasteiger partial charge on any atom is -0.481 e. The van der Waals surface area contributed by atoms with Crippen LogP contribution in [0.3, 0.4) is 0 Å². The Morgan fingerprint density at radius 3 is 2.19 bits per heavy atom. The number of ether oxygens (including phenoxy) is 1. The number of carboxylic acid groups (broad SMARTS) is 1. The first-order valence-corrected chi connectivity index (χ1v) is 20.6. The van der Waals surface area contributed by atoms with E-state index in [0.29, 0.717) is 44.1 Å². The number of fused-ring (bicyclic) bond motifs is 6. The Bertz CT molecular complexity index is 1540. The number of halogens is 2. The quantitative estimate of drug-likeness (QED) is 0.168. The summed E-state index contributed by atoms with van der Waals surface area (Å²) in [6.45, 7) is 19.6. The van der Waals surface area contributed by atoms with Gasteiger partial charge in [-0.2, -0.15) is 0 Å². The number of urea groups is 1. The number of allylic oxidation sites excluding steroid dienone is 1. The topological polar surface area (TPSA) is 122 Å². The molecule has 0 heterocycles. The molecule has 0 bridgehead atoms. The second-order valence-electron chi connectivity index (χ2n) is 20.6. The molecule has 10 heteroatoms. The van der Waals surface area contributed by atoms with E-state index >= 15 is 0 Å². The summed E-state index contributed by atoms with van der Waals surface area (Å²) < 4.78 is 33.7. The standard InChI is InChI=1S/C43H66F2N2O6/c1-25(2)33-28(48)22-42(47-36(52)46-24-26-12-18-43(44,45)19-13-26)21-20-40(8)27(34(33)42)10-11-30-39(7)16-15-31(53-32(49)23-37(3,4)35(50)51)38(5,6)29(39)14-17-41(30,40)9/h25-26,29-31,33H,10-24H2,1-9H3,(H,50,51)(H2,46,47,52)/t29?,30?,31-,33?,39-,40+,41+,42+/m0/s1. The van der Waals surface area contributed by atoms with Gasteiger partial charge in [-0.15, -0.1) is 0 Å². The van der Waals surface area contributed by atoms with Gasteiger partial charge in [0, 0.05) is 37.1 Å². The van der Waals surface area contributed by atoms with Gasteiger partial charge in [-0.3, -0.25) is 14.4 Å². The third kappa shape index (κ3) is 6.55. The highest BCUT2D eigenvalue weighted by Gasteiger charge is 2.69. The van der Waals surface area contributed by atoms with Gasteiger partial charge in [0.05, 0.1) is 17.4 Å². The highest BCUT2D eigenvalue weighted by Crippen LogP contribution is 2.75. The van der Waals surface area contributed by atoms with Crippen molar-refractivity contribution in [1.82, 2.24) is 10.6 Å². The Balaban J connectivity index is 1.25. The highest BCUT2D eigenvalue weighted by molar-refractivity contribution is 5.92. The van der Waals surface area contributed by atoms with Gasteiger partial charge < -0.3 is 20.5 Å². The molecule has 0 aliphatic heterocycles. The Labute approximate surface area is 315 Å². The zero-order valence-corrected chi connectivity index (χ0v) is 33.8. The molecule has 0 radical (unpaired) electrons. The predicted molar refractivity (Wildman–Crippen MR) is 199 cm³/mol. The predicted octanol–water partition coefficient (Wildman–Crippen LogP) is 9.26. The number of aliphatic carboxylic acids is 1. The van der Waals surface area contributed by atoms with Crippen LogP contribution in [-0.4, -0.2) is 53.0 Å². The summed E-state index contributed by atoms with van der Waals surface area (Å²) in [6, 6.07) is -0.305. The first kappa shape index (κ1) is 40.2. The molecular formula is C43H66F2N2O6. The molecule has 298 valence electrons. The van der Waals surface area contributed by atoms with Crippen molar-refractivity contribution in [2.75, 3.05) is 6.54 Å². The molecule has 3 N–H and O–H groups in total. The number of Topliss-reactive ketones (excluding diaryl/α,β-unsaturated/α-hetero) is 1. The molecule has 6 aliphatic rings. The third-order valence-corrected chi connectivity index (χ3v) is 16.5. The van der Waals surface area contributed by atoms with E-state index in [4.69, 9.17) is 4.74 Å². The summed E-state index contributed by atoms with van der Waals surface area (Å²) in [5.74, 6) is -3.23. The molecule has 2 amide bonds. The van der Waals surface area contributed by atoms with E-state index in [1.54, 1.807) is 13.8 Å². The number of amides is 2. The van der Waals surface area contributed by atoms with E-state index in [9.17, 15) is 33.1 Å². The SMILES string of the molecule is CC(C)C1C(=O)C[C@]2(NC(=O)NCC3CCC(F)(F)CC3)CC[C@]3(C)C(=C12)CCC1[C@@]2(C)CC[C@H](OC(=O)CC(C)(C)C(=O)O)C(C)(C)C2CC[C@]13C. The van der Waals surface area contributed by atoms with E-state index in [-0.39, 0.29) is 76.6 Å². The fourth-order valence-corrected chi connectivity index (χ4v) is 13.3. The molecule has 0 aromatic carbocycles. The average molecular weight is 745 g/mol. The van der Waals surface area contributed by atoms with Crippen molar-refractivity contribution < 1.29 is 37.8 Å². The Kier molecular flexibility index (Phi) is 10.1. The summed E-state index contributed by atoms with van der Waals surface area (Å²) >= 11 is 0. The number of esters is 1. The zero-order chi connectivity index (χ0) is 39.2. The van der Waals surface area contributed by atoms with E-state index in [0.717, 1.165) is 50.5 Å². The van der Waals surface area contributed by atoms with Crippen LogP contribution in [0.2, 0.25) is 0 Å². The molecule has 3 unspecified atom stereocenters. The van der Waals surface area contributed by atoms with Crippen LogP contribution in [-0.2, 0) is 19.1 Å². The van der Waals surface area contributed by atoms with E-state index in [1.165, 1.54) is 5.57 Å². The monoisotopic (exact) mass is 744 g/mol. The number of alkyl halides is 2. The van der Waals surface area contributed by atoms with Crippen molar-refractivity contribution in [3.63, 3.8) is 0 Å². The second kappa shape index (κ2) is 13.3. The fraction of sp³-hybridized carbons (Fsp3) is 0.860. The Morgan fingerprint density at radius 1 is 0.906 bits per heavy atom. The van der Waals surface area contributed by atoms with Crippen molar-refractivity contribution in [2.45, 2.75) is 170 Å². The van der Waals surface area contributed by atoms with Crippen LogP contribution < -0.4 is 10.6 Å². The molecule has 0 aromatic rings. The lowest BCUT2D eigenvalue weighted by Gasteiger charge is -2.70. The summed E-state index contributed by atoms with van der Waals surface area (Å²) in [7, 11) is 0. The molecule has 8 atom stereocenters. The number of hydrogen-bond donors (Lipinski definition) is 3.